The number of hydrogen-bond acceptors (Lipinski definition) is 7. The van der Waals surface area contributed by atoms with Crippen LogP contribution in [0.3, 0.4) is 0 Å². The number of nitrogens with one attached hydrogen (secondary N) is 3. The zero-order chi connectivity index (χ0) is 23.2. The molecule has 0 aliphatic heterocycles. The Bertz CT molecular complexity index is 1110. The highest BCUT2D eigenvalue weighted by Crippen LogP contribution is 2.23. The van der Waals surface area contributed by atoms with Gasteiger partial charge in [0.15, 0.2) is 0 Å². The van der Waals surface area contributed by atoms with Gasteiger partial charge >= 0.3 is 5.97 Å². The standard InChI is InChI=1S/C20H23N3O7S/c1-12(24)22-14-6-7-17(23-31(4,27)28)15(10-14)19(25)21-11-13-5-8-18(29-2)16(9-13)20(26)30-3/h5-10,23H,11H2,1-4H3,(H,21,25)(H,22,24). The van der Waals surface area contributed by atoms with Crippen molar-refractivity contribution in [2.75, 3.05) is 30.5 Å². The number of methoxy groups -OCH3 is 2. The number of rotatable bonds is 8. The second kappa shape index (κ2) is 9.94. The molecule has 2 amide bonds. The first-order valence-electron chi connectivity index (χ1n) is 8.97. The van der Waals surface area contributed by atoms with Gasteiger partial charge in [0.05, 0.1) is 31.7 Å². The lowest BCUT2D eigenvalue weighted by atomic mass is 10.1. The molecule has 11 heteroatoms. The number of anilines is 2. The van der Waals surface area contributed by atoms with Crippen molar-refractivity contribution in [1.82, 2.24) is 5.32 Å². The lowest BCUT2D eigenvalue weighted by Gasteiger charge is -2.14. The highest BCUT2D eigenvalue weighted by molar-refractivity contribution is 7.92. The molecular weight excluding hydrogens is 426 g/mol. The van der Waals surface area contributed by atoms with Crippen molar-refractivity contribution in [2.24, 2.45) is 0 Å². The average Bonchev–Trinajstić information content (AvgIpc) is 2.70. The van der Waals surface area contributed by atoms with Gasteiger partial charge in [-0.25, -0.2) is 13.2 Å². The zero-order valence-corrected chi connectivity index (χ0v) is 18.3. The smallest absolute Gasteiger partial charge is 0.341 e. The van der Waals surface area contributed by atoms with E-state index in [4.69, 9.17) is 9.47 Å². The van der Waals surface area contributed by atoms with Crippen molar-refractivity contribution >= 4 is 39.2 Å². The van der Waals surface area contributed by atoms with Crippen LogP contribution in [0.5, 0.6) is 5.75 Å². The number of carbonyl (C=O) groups excluding carboxylic acids is 3. The molecular formula is C20H23N3O7S. The minimum atomic E-state index is -3.64. The quantitative estimate of drug-likeness (QED) is 0.522. The molecule has 0 aliphatic carbocycles. The maximum Gasteiger partial charge on any atom is 0.341 e. The Morgan fingerprint density at radius 2 is 1.71 bits per heavy atom. The van der Waals surface area contributed by atoms with Gasteiger partial charge in [0.1, 0.15) is 11.3 Å². The summed E-state index contributed by atoms with van der Waals surface area (Å²) in [6, 6.07) is 8.96. The number of benzene rings is 2. The Balaban J connectivity index is 2.29. The lowest BCUT2D eigenvalue weighted by molar-refractivity contribution is -0.114. The van der Waals surface area contributed by atoms with Gasteiger partial charge in [-0.2, -0.15) is 0 Å². The minimum Gasteiger partial charge on any atom is -0.496 e. The van der Waals surface area contributed by atoms with Crippen LogP contribution in [-0.4, -0.2) is 46.7 Å². The summed E-state index contributed by atoms with van der Waals surface area (Å²) in [4.78, 5) is 36.0. The summed E-state index contributed by atoms with van der Waals surface area (Å²) in [5, 5.41) is 5.21. The molecule has 0 atom stereocenters. The summed E-state index contributed by atoms with van der Waals surface area (Å²) in [7, 11) is -0.982. The molecule has 2 aromatic carbocycles. The molecule has 31 heavy (non-hydrogen) atoms. The van der Waals surface area contributed by atoms with Crippen molar-refractivity contribution in [3.05, 3.63) is 53.1 Å². The molecule has 0 radical (unpaired) electrons. The van der Waals surface area contributed by atoms with Crippen LogP contribution in [-0.2, 0) is 26.1 Å². The highest BCUT2D eigenvalue weighted by Gasteiger charge is 2.17. The number of ether oxygens (including phenoxy) is 2. The van der Waals surface area contributed by atoms with Crippen LogP contribution in [0.15, 0.2) is 36.4 Å². The van der Waals surface area contributed by atoms with E-state index < -0.39 is 21.9 Å². The number of amides is 2. The number of carbonyl (C=O) groups is 3. The fourth-order valence-corrected chi connectivity index (χ4v) is 3.29. The monoisotopic (exact) mass is 449 g/mol. The number of esters is 1. The Morgan fingerprint density at radius 3 is 2.29 bits per heavy atom. The SMILES string of the molecule is COC(=O)c1cc(CNC(=O)c2cc(NC(C)=O)ccc2NS(C)(=O)=O)ccc1OC. The van der Waals surface area contributed by atoms with Gasteiger partial charge in [0.2, 0.25) is 15.9 Å². The van der Waals surface area contributed by atoms with E-state index in [0.29, 0.717) is 17.0 Å². The van der Waals surface area contributed by atoms with E-state index in [1.807, 2.05) is 0 Å². The summed E-state index contributed by atoms with van der Waals surface area (Å²) in [6.07, 6.45) is 0.960. The third-order valence-corrected chi connectivity index (χ3v) is 4.59. The van der Waals surface area contributed by atoms with E-state index >= 15 is 0 Å². The van der Waals surface area contributed by atoms with Gasteiger partial charge in [-0.1, -0.05) is 6.07 Å². The molecule has 2 rings (SSSR count). The van der Waals surface area contributed by atoms with Crippen LogP contribution < -0.4 is 20.1 Å². The van der Waals surface area contributed by atoms with Gasteiger partial charge in [-0.3, -0.25) is 14.3 Å². The first-order chi connectivity index (χ1) is 14.5. The van der Waals surface area contributed by atoms with Crippen molar-refractivity contribution in [1.29, 1.82) is 0 Å². The van der Waals surface area contributed by atoms with Crippen LogP contribution in [0.25, 0.3) is 0 Å². The molecule has 0 aliphatic rings. The Morgan fingerprint density at radius 1 is 1.00 bits per heavy atom. The van der Waals surface area contributed by atoms with E-state index in [-0.39, 0.29) is 29.3 Å². The molecule has 0 saturated heterocycles. The molecule has 0 unspecified atom stereocenters. The van der Waals surface area contributed by atoms with Gasteiger partial charge in [0, 0.05) is 19.2 Å². The highest BCUT2D eigenvalue weighted by atomic mass is 32.2. The fourth-order valence-electron chi connectivity index (χ4n) is 2.71. The minimum absolute atomic E-state index is 0.0124. The fraction of sp³-hybridized carbons (Fsp3) is 0.250. The zero-order valence-electron chi connectivity index (χ0n) is 17.4. The molecule has 0 aromatic heterocycles. The van der Waals surface area contributed by atoms with Gasteiger partial charge in [-0.15, -0.1) is 0 Å². The van der Waals surface area contributed by atoms with Gasteiger partial charge < -0.3 is 20.1 Å². The molecule has 0 spiro atoms. The second-order valence-electron chi connectivity index (χ2n) is 6.52. The van der Waals surface area contributed by atoms with Gasteiger partial charge in [-0.05, 0) is 35.9 Å². The van der Waals surface area contributed by atoms with Crippen LogP contribution in [0.1, 0.15) is 33.2 Å². The lowest BCUT2D eigenvalue weighted by Crippen LogP contribution is -2.25. The van der Waals surface area contributed by atoms with Crippen LogP contribution in [0, 0.1) is 0 Å². The van der Waals surface area contributed by atoms with Crippen molar-refractivity contribution < 1.29 is 32.3 Å². The maximum atomic E-state index is 12.8. The Kier molecular flexibility index (Phi) is 7.59. The topological polar surface area (TPSA) is 140 Å². The van der Waals surface area contributed by atoms with Crippen LogP contribution in [0.4, 0.5) is 11.4 Å². The summed E-state index contributed by atoms with van der Waals surface area (Å²) < 4.78 is 35.4. The molecule has 2 aromatic rings. The summed E-state index contributed by atoms with van der Waals surface area (Å²) in [5.41, 5.74) is 1.18. The van der Waals surface area contributed by atoms with E-state index in [0.717, 1.165) is 6.26 Å². The van der Waals surface area contributed by atoms with Crippen molar-refractivity contribution in [3.8, 4) is 5.75 Å². The third kappa shape index (κ3) is 6.71. The third-order valence-electron chi connectivity index (χ3n) is 4.00. The van der Waals surface area contributed by atoms with Gasteiger partial charge in [0.25, 0.3) is 5.91 Å². The number of sulfonamides is 1. The molecule has 166 valence electrons. The Labute approximate surface area is 180 Å². The predicted octanol–water partition coefficient (Wildman–Crippen LogP) is 1.74. The molecule has 3 N–H and O–H groups in total. The van der Waals surface area contributed by atoms with E-state index in [1.165, 1.54) is 45.4 Å². The van der Waals surface area contributed by atoms with Crippen molar-refractivity contribution in [3.63, 3.8) is 0 Å². The molecule has 10 nitrogen and oxygen atoms in total. The second-order valence-corrected chi connectivity index (χ2v) is 8.27. The summed E-state index contributed by atoms with van der Waals surface area (Å²) in [6.45, 7) is 1.35. The summed E-state index contributed by atoms with van der Waals surface area (Å²) >= 11 is 0. The Hall–Kier alpha value is -3.60. The molecule has 0 fully saturated rings. The van der Waals surface area contributed by atoms with Crippen LogP contribution in [0.2, 0.25) is 0 Å². The molecule has 0 heterocycles. The summed E-state index contributed by atoms with van der Waals surface area (Å²) in [5.74, 6) is -1.20. The predicted molar refractivity (Wildman–Crippen MR) is 115 cm³/mol. The normalized spacial score (nSPS) is 10.7. The van der Waals surface area contributed by atoms with E-state index in [2.05, 4.69) is 15.4 Å². The van der Waals surface area contributed by atoms with E-state index in [1.54, 1.807) is 12.1 Å². The largest absolute Gasteiger partial charge is 0.496 e. The first kappa shape index (κ1) is 23.7. The molecule has 0 bridgehead atoms. The number of hydrogen-bond donors (Lipinski definition) is 3. The van der Waals surface area contributed by atoms with Crippen molar-refractivity contribution in [2.45, 2.75) is 13.5 Å². The maximum absolute atomic E-state index is 12.8. The average molecular weight is 449 g/mol. The molecule has 0 saturated carbocycles. The first-order valence-corrected chi connectivity index (χ1v) is 10.9. The van der Waals surface area contributed by atoms with Crippen LogP contribution >= 0.6 is 0 Å². The van der Waals surface area contributed by atoms with E-state index in [9.17, 15) is 22.8 Å².